The van der Waals surface area contributed by atoms with Crippen molar-refractivity contribution in [2.75, 3.05) is 47.5 Å². The van der Waals surface area contributed by atoms with Gasteiger partial charge in [-0.25, -0.2) is 4.79 Å². The minimum Gasteiger partial charge on any atom is -0.482 e. The Labute approximate surface area is 200 Å². The van der Waals surface area contributed by atoms with Gasteiger partial charge >= 0.3 is 5.97 Å². The van der Waals surface area contributed by atoms with Crippen LogP contribution >= 0.6 is 12.4 Å². The number of hydrogen-bond donors (Lipinski definition) is 3. The number of amidine groups is 1. The zero-order valence-corrected chi connectivity index (χ0v) is 19.8. The fraction of sp³-hybridized carbons (Fsp3) is 0.348. The number of likely N-dealkylation sites (N-methyl/N-ethyl adjacent to an activating group) is 1. The van der Waals surface area contributed by atoms with E-state index in [2.05, 4.69) is 10.1 Å². The number of methoxy groups -OCH3 is 1. The Balaban J connectivity index is 0.00000544. The molecule has 10 heteroatoms. The summed E-state index contributed by atoms with van der Waals surface area (Å²) < 4.78 is 15.9. The SMILES string of the molecule is COC(=O)COc1ccc(C(CNC(=O)c2ccc(C(=N)N)cc2)OCCN(C)C)cc1.Cl. The Morgan fingerprint density at radius 3 is 2.21 bits per heavy atom. The van der Waals surface area contributed by atoms with Gasteiger partial charge in [0.2, 0.25) is 0 Å². The Bertz CT molecular complexity index is 904. The molecule has 180 valence electrons. The number of esters is 1. The highest BCUT2D eigenvalue weighted by Crippen LogP contribution is 2.21. The first-order chi connectivity index (χ1) is 15.3. The predicted molar refractivity (Wildman–Crippen MR) is 128 cm³/mol. The lowest BCUT2D eigenvalue weighted by atomic mass is 10.1. The number of nitrogens with zero attached hydrogens (tertiary/aromatic N) is 1. The number of halogens is 1. The summed E-state index contributed by atoms with van der Waals surface area (Å²) in [6.07, 6.45) is -0.370. The lowest BCUT2D eigenvalue weighted by Crippen LogP contribution is -2.30. The smallest absolute Gasteiger partial charge is 0.343 e. The van der Waals surface area contributed by atoms with Crippen LogP contribution in [-0.4, -0.2) is 70.1 Å². The number of ether oxygens (including phenoxy) is 3. The molecule has 33 heavy (non-hydrogen) atoms. The number of nitrogens with two attached hydrogens (primary N) is 1. The molecular formula is C23H31ClN4O5. The first-order valence-corrected chi connectivity index (χ1v) is 10.1. The predicted octanol–water partition coefficient (Wildman–Crippen LogP) is 1.99. The van der Waals surface area contributed by atoms with Gasteiger partial charge in [-0.1, -0.05) is 24.3 Å². The van der Waals surface area contributed by atoms with E-state index in [1.54, 1.807) is 36.4 Å². The summed E-state index contributed by atoms with van der Waals surface area (Å²) in [6.45, 7) is 1.32. The summed E-state index contributed by atoms with van der Waals surface area (Å²) in [7, 11) is 5.22. The van der Waals surface area contributed by atoms with Gasteiger partial charge < -0.3 is 30.2 Å². The molecule has 0 heterocycles. The van der Waals surface area contributed by atoms with Gasteiger partial charge in [0.05, 0.1) is 19.8 Å². The fourth-order valence-electron chi connectivity index (χ4n) is 2.72. The quantitative estimate of drug-likeness (QED) is 0.242. The van der Waals surface area contributed by atoms with Gasteiger partial charge in [-0.2, -0.15) is 0 Å². The summed E-state index contributed by atoms with van der Waals surface area (Å²) in [5.41, 5.74) is 7.34. The molecule has 1 amide bonds. The van der Waals surface area contributed by atoms with Crippen molar-refractivity contribution in [2.24, 2.45) is 5.73 Å². The Morgan fingerprint density at radius 2 is 1.67 bits per heavy atom. The van der Waals surface area contributed by atoms with Crippen molar-refractivity contribution in [3.8, 4) is 5.75 Å². The summed E-state index contributed by atoms with van der Waals surface area (Å²) in [4.78, 5) is 25.8. The maximum Gasteiger partial charge on any atom is 0.343 e. The molecule has 0 spiro atoms. The molecule has 0 fully saturated rings. The summed E-state index contributed by atoms with van der Waals surface area (Å²) in [5, 5.41) is 10.3. The number of nitrogen functional groups attached to an aromatic ring is 1. The molecule has 0 radical (unpaired) electrons. The second kappa shape index (κ2) is 14.1. The van der Waals surface area contributed by atoms with Crippen LogP contribution in [0.15, 0.2) is 48.5 Å². The van der Waals surface area contributed by atoms with Crippen molar-refractivity contribution in [1.82, 2.24) is 10.2 Å². The maximum atomic E-state index is 12.6. The second-order valence-corrected chi connectivity index (χ2v) is 7.30. The van der Waals surface area contributed by atoms with Gasteiger partial charge in [-0.15, -0.1) is 12.4 Å². The molecule has 0 saturated carbocycles. The van der Waals surface area contributed by atoms with Crippen molar-refractivity contribution in [3.05, 3.63) is 65.2 Å². The van der Waals surface area contributed by atoms with E-state index in [-0.39, 0.29) is 43.4 Å². The third-order valence-electron chi connectivity index (χ3n) is 4.60. The van der Waals surface area contributed by atoms with Gasteiger partial charge in [0.25, 0.3) is 5.91 Å². The number of nitrogens with one attached hydrogen (secondary N) is 2. The fourth-order valence-corrected chi connectivity index (χ4v) is 2.72. The van der Waals surface area contributed by atoms with E-state index in [4.69, 9.17) is 20.6 Å². The molecule has 0 saturated heterocycles. The first-order valence-electron chi connectivity index (χ1n) is 10.1. The van der Waals surface area contributed by atoms with Crippen LogP contribution < -0.4 is 15.8 Å². The van der Waals surface area contributed by atoms with E-state index in [1.165, 1.54) is 7.11 Å². The zero-order valence-electron chi connectivity index (χ0n) is 19.0. The van der Waals surface area contributed by atoms with E-state index in [0.717, 1.165) is 12.1 Å². The molecule has 0 aromatic heterocycles. The monoisotopic (exact) mass is 478 g/mol. The lowest BCUT2D eigenvalue weighted by molar-refractivity contribution is -0.142. The molecule has 4 N–H and O–H groups in total. The number of benzene rings is 2. The minimum absolute atomic E-state index is 0. The van der Waals surface area contributed by atoms with E-state index in [0.29, 0.717) is 23.5 Å². The second-order valence-electron chi connectivity index (χ2n) is 7.30. The molecule has 9 nitrogen and oxygen atoms in total. The lowest BCUT2D eigenvalue weighted by Gasteiger charge is -2.21. The molecule has 0 aliphatic carbocycles. The average molecular weight is 479 g/mol. The van der Waals surface area contributed by atoms with Crippen molar-refractivity contribution in [1.29, 1.82) is 5.41 Å². The molecule has 2 rings (SSSR count). The van der Waals surface area contributed by atoms with Crippen LogP contribution in [0.4, 0.5) is 0 Å². The molecule has 2 aromatic carbocycles. The van der Waals surface area contributed by atoms with E-state index in [1.807, 2.05) is 31.1 Å². The summed E-state index contributed by atoms with van der Waals surface area (Å²) in [6, 6.07) is 13.7. The van der Waals surface area contributed by atoms with Gasteiger partial charge in [0.15, 0.2) is 6.61 Å². The van der Waals surface area contributed by atoms with Crippen LogP contribution in [0.3, 0.4) is 0 Å². The van der Waals surface area contributed by atoms with Crippen molar-refractivity contribution in [3.63, 3.8) is 0 Å². The average Bonchev–Trinajstić information content (AvgIpc) is 2.79. The van der Waals surface area contributed by atoms with Crippen LogP contribution in [0.5, 0.6) is 5.75 Å². The van der Waals surface area contributed by atoms with Gasteiger partial charge in [-0.05, 0) is 43.9 Å². The van der Waals surface area contributed by atoms with Crippen LogP contribution in [0.1, 0.15) is 27.6 Å². The normalized spacial score (nSPS) is 11.3. The highest BCUT2D eigenvalue weighted by molar-refractivity contribution is 5.98. The number of carbonyl (C=O) groups excluding carboxylic acids is 2. The first kappa shape index (κ1) is 27.9. The van der Waals surface area contributed by atoms with E-state index >= 15 is 0 Å². The third kappa shape index (κ3) is 9.48. The minimum atomic E-state index is -0.460. The van der Waals surface area contributed by atoms with Gasteiger partial charge in [0, 0.05) is 24.2 Å². The van der Waals surface area contributed by atoms with Crippen molar-refractivity contribution < 1.29 is 23.8 Å². The molecule has 0 aliphatic heterocycles. The van der Waals surface area contributed by atoms with Crippen LogP contribution in [0.25, 0.3) is 0 Å². The van der Waals surface area contributed by atoms with Crippen LogP contribution in [0, 0.1) is 5.41 Å². The van der Waals surface area contributed by atoms with Crippen LogP contribution in [0.2, 0.25) is 0 Å². The standard InChI is InChI=1S/C23H30N4O5.ClH/c1-27(2)12-13-31-20(16-8-10-19(11-9-16)32-15-21(28)30-3)14-26-23(29)18-6-4-17(5-7-18)22(24)25;/h4-11,20H,12-15H2,1-3H3,(H3,24,25)(H,26,29);1H. The molecule has 1 atom stereocenters. The van der Waals surface area contributed by atoms with Crippen molar-refractivity contribution >= 4 is 30.1 Å². The van der Waals surface area contributed by atoms with Crippen molar-refractivity contribution in [2.45, 2.75) is 6.10 Å². The number of carbonyl (C=O) groups is 2. The topological polar surface area (TPSA) is 127 Å². The Kier molecular flexibility index (Phi) is 11.9. The van der Waals surface area contributed by atoms with Gasteiger partial charge in [-0.3, -0.25) is 10.2 Å². The number of hydrogen-bond acceptors (Lipinski definition) is 7. The molecule has 0 aliphatic rings. The maximum absolute atomic E-state index is 12.6. The summed E-state index contributed by atoms with van der Waals surface area (Å²) in [5.74, 6) is -0.233. The summed E-state index contributed by atoms with van der Waals surface area (Å²) >= 11 is 0. The molecule has 0 bridgehead atoms. The molecular weight excluding hydrogens is 448 g/mol. The molecule has 1 unspecified atom stereocenters. The molecule has 2 aromatic rings. The Morgan fingerprint density at radius 1 is 1.06 bits per heavy atom. The third-order valence-corrected chi connectivity index (χ3v) is 4.60. The Hall–Kier alpha value is -3.14. The number of rotatable bonds is 12. The van der Waals surface area contributed by atoms with E-state index in [9.17, 15) is 9.59 Å². The zero-order chi connectivity index (χ0) is 23.5. The van der Waals surface area contributed by atoms with E-state index < -0.39 is 5.97 Å². The van der Waals surface area contributed by atoms with Gasteiger partial charge in [0.1, 0.15) is 11.6 Å². The highest BCUT2D eigenvalue weighted by Gasteiger charge is 2.15. The largest absolute Gasteiger partial charge is 0.482 e. The highest BCUT2D eigenvalue weighted by atomic mass is 35.5. The van der Waals surface area contributed by atoms with Crippen LogP contribution in [-0.2, 0) is 14.3 Å². The number of amides is 1.